The molecular formula is C17H27NO2. The van der Waals surface area contributed by atoms with Gasteiger partial charge in [-0.2, -0.15) is 0 Å². The molecule has 0 aliphatic heterocycles. The average molecular weight is 277 g/mol. The van der Waals surface area contributed by atoms with Crippen LogP contribution in [-0.4, -0.2) is 32.9 Å². The van der Waals surface area contributed by atoms with E-state index >= 15 is 0 Å². The van der Waals surface area contributed by atoms with Crippen LogP contribution in [0.15, 0.2) is 24.3 Å². The summed E-state index contributed by atoms with van der Waals surface area (Å²) < 4.78 is 11.2. The third-order valence-corrected chi connectivity index (χ3v) is 4.04. The molecule has 2 rings (SSSR count). The third-order valence-electron chi connectivity index (χ3n) is 4.04. The Hall–Kier alpha value is -1.06. The maximum absolute atomic E-state index is 5.78. The molecule has 20 heavy (non-hydrogen) atoms. The lowest BCUT2D eigenvalue weighted by atomic mass is 9.97. The Labute approximate surface area is 122 Å². The van der Waals surface area contributed by atoms with Crippen LogP contribution in [0.2, 0.25) is 0 Å². The lowest BCUT2D eigenvalue weighted by Crippen LogP contribution is -2.44. The molecule has 1 aliphatic rings. The molecular weight excluding hydrogens is 250 g/mol. The highest BCUT2D eigenvalue weighted by molar-refractivity contribution is 5.34. The van der Waals surface area contributed by atoms with Crippen LogP contribution < -0.4 is 10.1 Å². The predicted octanol–water partition coefficient (Wildman–Crippen LogP) is 3.03. The highest BCUT2D eigenvalue weighted by atomic mass is 16.5. The summed E-state index contributed by atoms with van der Waals surface area (Å²) in [5.74, 6) is 1.70. The van der Waals surface area contributed by atoms with Crippen molar-refractivity contribution >= 4 is 0 Å². The molecule has 0 amide bonds. The molecule has 0 aromatic heterocycles. The molecule has 0 heterocycles. The number of hydrogen-bond donors (Lipinski definition) is 1. The minimum Gasteiger partial charge on any atom is -0.496 e. The van der Waals surface area contributed by atoms with Crippen molar-refractivity contribution in [2.75, 3.05) is 20.8 Å². The van der Waals surface area contributed by atoms with Gasteiger partial charge in [-0.15, -0.1) is 0 Å². The topological polar surface area (TPSA) is 30.5 Å². The largest absolute Gasteiger partial charge is 0.496 e. The second-order valence-electron chi connectivity index (χ2n) is 5.61. The van der Waals surface area contributed by atoms with Gasteiger partial charge in [0.25, 0.3) is 0 Å². The number of methoxy groups -OCH3 is 2. The van der Waals surface area contributed by atoms with E-state index in [1.165, 1.54) is 18.4 Å². The van der Waals surface area contributed by atoms with Crippen LogP contribution in [0.25, 0.3) is 0 Å². The van der Waals surface area contributed by atoms with E-state index in [9.17, 15) is 0 Å². The van der Waals surface area contributed by atoms with Crippen LogP contribution >= 0.6 is 0 Å². The smallest absolute Gasteiger partial charge is 0.122 e. The van der Waals surface area contributed by atoms with Gasteiger partial charge in [-0.25, -0.2) is 0 Å². The Morgan fingerprint density at radius 2 is 2.00 bits per heavy atom. The van der Waals surface area contributed by atoms with E-state index in [1.54, 1.807) is 7.11 Å². The van der Waals surface area contributed by atoms with Gasteiger partial charge >= 0.3 is 0 Å². The molecule has 1 N–H and O–H groups in total. The predicted molar refractivity (Wildman–Crippen MR) is 82.3 cm³/mol. The van der Waals surface area contributed by atoms with Crippen molar-refractivity contribution in [1.29, 1.82) is 0 Å². The van der Waals surface area contributed by atoms with Crippen LogP contribution in [0.5, 0.6) is 5.75 Å². The zero-order valence-corrected chi connectivity index (χ0v) is 12.9. The summed E-state index contributed by atoms with van der Waals surface area (Å²) >= 11 is 0. The fourth-order valence-corrected chi connectivity index (χ4v) is 2.85. The van der Waals surface area contributed by atoms with Crippen LogP contribution in [-0.2, 0) is 11.2 Å². The number of hydrogen-bond acceptors (Lipinski definition) is 3. The van der Waals surface area contributed by atoms with Gasteiger partial charge < -0.3 is 14.8 Å². The molecule has 2 atom stereocenters. The lowest BCUT2D eigenvalue weighted by molar-refractivity contribution is 0.0509. The van der Waals surface area contributed by atoms with Crippen LogP contribution in [0.3, 0.4) is 0 Å². The number of benzene rings is 1. The van der Waals surface area contributed by atoms with Gasteiger partial charge in [0.15, 0.2) is 0 Å². The number of nitrogens with one attached hydrogen (secondary N) is 1. The van der Waals surface area contributed by atoms with Gasteiger partial charge in [-0.05, 0) is 49.8 Å². The zero-order chi connectivity index (χ0) is 14.4. The van der Waals surface area contributed by atoms with Crippen molar-refractivity contribution in [3.8, 4) is 5.75 Å². The summed E-state index contributed by atoms with van der Waals surface area (Å²) in [6, 6.07) is 8.65. The van der Waals surface area contributed by atoms with E-state index in [0.717, 1.165) is 31.1 Å². The fraction of sp³-hybridized carbons (Fsp3) is 0.647. The molecule has 1 aromatic rings. The Bertz CT molecular complexity index is 404. The van der Waals surface area contributed by atoms with Crippen molar-refractivity contribution in [2.24, 2.45) is 5.92 Å². The van der Waals surface area contributed by atoms with Crippen molar-refractivity contribution in [3.63, 3.8) is 0 Å². The molecule has 0 bridgehead atoms. The standard InChI is InChI=1S/C17H27NO2/c1-4-11-18-15(17(20-3)13-9-10-13)12-14-7-5-6-8-16(14)19-2/h5-8,13,15,17-18H,4,9-12H2,1-3H3. The molecule has 1 fully saturated rings. The van der Waals surface area contributed by atoms with E-state index in [1.807, 2.05) is 19.2 Å². The third kappa shape index (κ3) is 3.97. The first-order chi connectivity index (χ1) is 9.80. The first-order valence-electron chi connectivity index (χ1n) is 7.68. The Kier molecular flexibility index (Phi) is 5.86. The van der Waals surface area contributed by atoms with E-state index in [2.05, 4.69) is 24.4 Å². The molecule has 112 valence electrons. The lowest BCUT2D eigenvalue weighted by Gasteiger charge is -2.28. The maximum Gasteiger partial charge on any atom is 0.122 e. The normalized spacial score (nSPS) is 17.8. The molecule has 1 saturated carbocycles. The molecule has 3 nitrogen and oxygen atoms in total. The number of rotatable bonds is 9. The Morgan fingerprint density at radius 1 is 1.25 bits per heavy atom. The van der Waals surface area contributed by atoms with Gasteiger partial charge in [0.1, 0.15) is 5.75 Å². The van der Waals surface area contributed by atoms with Gasteiger partial charge in [-0.1, -0.05) is 25.1 Å². The highest BCUT2D eigenvalue weighted by Gasteiger charge is 2.36. The van der Waals surface area contributed by atoms with Crippen molar-refractivity contribution < 1.29 is 9.47 Å². The SMILES string of the molecule is CCCNC(Cc1ccccc1OC)C(OC)C1CC1. The van der Waals surface area contributed by atoms with Crippen molar-refractivity contribution in [2.45, 2.75) is 44.8 Å². The van der Waals surface area contributed by atoms with Crippen molar-refractivity contribution in [1.82, 2.24) is 5.32 Å². The Balaban J connectivity index is 2.09. The average Bonchev–Trinajstić information content (AvgIpc) is 3.30. The molecule has 1 aromatic carbocycles. The van der Waals surface area contributed by atoms with E-state index in [0.29, 0.717) is 12.1 Å². The minimum atomic E-state index is 0.312. The number of ether oxygens (including phenoxy) is 2. The van der Waals surface area contributed by atoms with E-state index in [-0.39, 0.29) is 0 Å². The monoisotopic (exact) mass is 277 g/mol. The summed E-state index contributed by atoms with van der Waals surface area (Å²) in [7, 11) is 3.58. The first kappa shape index (κ1) is 15.3. The van der Waals surface area contributed by atoms with E-state index < -0.39 is 0 Å². The second kappa shape index (κ2) is 7.65. The summed E-state index contributed by atoms with van der Waals surface area (Å²) in [5, 5.41) is 3.66. The summed E-state index contributed by atoms with van der Waals surface area (Å²) in [4.78, 5) is 0. The zero-order valence-electron chi connectivity index (χ0n) is 12.9. The van der Waals surface area contributed by atoms with Gasteiger partial charge in [0.05, 0.1) is 13.2 Å². The quantitative estimate of drug-likeness (QED) is 0.752. The minimum absolute atomic E-state index is 0.312. The van der Waals surface area contributed by atoms with E-state index in [4.69, 9.17) is 9.47 Å². The maximum atomic E-state index is 5.78. The summed E-state index contributed by atoms with van der Waals surface area (Å²) in [6.45, 7) is 3.23. The molecule has 1 aliphatic carbocycles. The molecule has 0 spiro atoms. The van der Waals surface area contributed by atoms with Gasteiger partial charge in [-0.3, -0.25) is 0 Å². The van der Waals surface area contributed by atoms with Gasteiger partial charge in [0, 0.05) is 13.2 Å². The summed E-state index contributed by atoms with van der Waals surface area (Å²) in [5.41, 5.74) is 1.26. The molecule has 0 radical (unpaired) electrons. The summed E-state index contributed by atoms with van der Waals surface area (Å²) in [6.07, 6.45) is 5.01. The fourth-order valence-electron chi connectivity index (χ4n) is 2.85. The Morgan fingerprint density at radius 3 is 2.60 bits per heavy atom. The van der Waals surface area contributed by atoms with Crippen LogP contribution in [0.4, 0.5) is 0 Å². The van der Waals surface area contributed by atoms with Gasteiger partial charge in [0.2, 0.25) is 0 Å². The van der Waals surface area contributed by atoms with Crippen molar-refractivity contribution in [3.05, 3.63) is 29.8 Å². The molecule has 0 saturated heterocycles. The first-order valence-corrected chi connectivity index (χ1v) is 7.68. The second-order valence-corrected chi connectivity index (χ2v) is 5.61. The number of para-hydroxylation sites is 1. The van der Waals surface area contributed by atoms with Crippen LogP contribution in [0, 0.1) is 5.92 Å². The molecule has 2 unspecified atom stereocenters. The van der Waals surface area contributed by atoms with Crippen LogP contribution in [0.1, 0.15) is 31.7 Å². The molecule has 3 heteroatoms. The highest BCUT2D eigenvalue weighted by Crippen LogP contribution is 2.36.